The van der Waals surface area contributed by atoms with E-state index in [4.69, 9.17) is 0 Å². The van der Waals surface area contributed by atoms with Crippen molar-refractivity contribution in [1.82, 2.24) is 0 Å². The molecule has 0 fully saturated rings. The van der Waals surface area contributed by atoms with Crippen LogP contribution in [0.2, 0.25) is 0 Å². The second-order valence-electron chi connectivity index (χ2n) is 5.12. The highest BCUT2D eigenvalue weighted by Gasteiger charge is 2.29. The summed E-state index contributed by atoms with van der Waals surface area (Å²) in [5.41, 5.74) is 0.302. The first-order valence-electron chi connectivity index (χ1n) is 6.82. The normalized spacial score (nSPS) is 13.8. The van der Waals surface area contributed by atoms with Gasteiger partial charge in [-0.15, -0.1) is 0 Å². The topological polar surface area (TPSA) is 37.3 Å². The summed E-state index contributed by atoms with van der Waals surface area (Å²) in [5, 5.41) is 10.3. The van der Waals surface area contributed by atoms with Crippen LogP contribution in [0.4, 0.5) is 0 Å². The van der Waals surface area contributed by atoms with Crippen molar-refractivity contribution in [2.75, 3.05) is 0 Å². The Bertz CT molecular complexity index is 281. The van der Waals surface area contributed by atoms with Crippen molar-refractivity contribution < 1.29 is 9.90 Å². The van der Waals surface area contributed by atoms with Gasteiger partial charge in [0.1, 0.15) is 5.76 Å². The average Bonchev–Trinajstić information content (AvgIpc) is 2.37. The molecule has 0 radical (unpaired) electrons. The van der Waals surface area contributed by atoms with Crippen LogP contribution in [0, 0.1) is 11.3 Å². The molecule has 17 heavy (non-hydrogen) atoms. The van der Waals surface area contributed by atoms with Gasteiger partial charge in [-0.1, -0.05) is 34.6 Å². The quantitative estimate of drug-likeness (QED) is 0.519. The third-order valence-electron chi connectivity index (χ3n) is 4.21. The lowest BCUT2D eigenvalue weighted by molar-refractivity contribution is -0.119. The minimum atomic E-state index is -0.258. The number of carbonyl (C=O) groups excluding carboxylic acids is 1. The first kappa shape index (κ1) is 16.2. The fourth-order valence-corrected chi connectivity index (χ4v) is 2.12. The molecule has 0 bridgehead atoms. The molecule has 0 saturated carbocycles. The van der Waals surface area contributed by atoms with Gasteiger partial charge in [-0.05, 0) is 32.6 Å². The van der Waals surface area contributed by atoms with Gasteiger partial charge in [0.2, 0.25) is 0 Å². The van der Waals surface area contributed by atoms with Crippen molar-refractivity contribution in [1.29, 1.82) is 0 Å². The van der Waals surface area contributed by atoms with Crippen molar-refractivity contribution in [2.45, 2.75) is 67.2 Å². The Labute approximate surface area is 106 Å². The van der Waals surface area contributed by atoms with Crippen LogP contribution in [0.5, 0.6) is 0 Å². The average molecular weight is 240 g/mol. The van der Waals surface area contributed by atoms with Crippen LogP contribution >= 0.6 is 0 Å². The number of rotatable bonds is 7. The summed E-state index contributed by atoms with van der Waals surface area (Å²) >= 11 is 0. The molecule has 0 aliphatic carbocycles. The lowest BCUT2D eigenvalue weighted by atomic mass is 9.79. The van der Waals surface area contributed by atoms with Crippen LogP contribution in [-0.2, 0) is 4.79 Å². The van der Waals surface area contributed by atoms with E-state index < -0.39 is 0 Å². The Morgan fingerprint density at radius 1 is 1.12 bits per heavy atom. The Morgan fingerprint density at radius 3 is 1.82 bits per heavy atom. The van der Waals surface area contributed by atoms with E-state index in [1.165, 1.54) is 0 Å². The lowest BCUT2D eigenvalue weighted by Crippen LogP contribution is -2.23. The van der Waals surface area contributed by atoms with Gasteiger partial charge in [0, 0.05) is 16.9 Å². The molecular formula is C15H28O2. The standard InChI is InChI=1S/C15H28O2/c1-7-12(8-2)13(16)11(5)14(17)15(6,9-3)10-4/h12,17H,7-10H2,1-6H3. The molecule has 0 heterocycles. The van der Waals surface area contributed by atoms with Crippen LogP contribution in [0.1, 0.15) is 67.2 Å². The molecule has 0 aromatic carbocycles. The first-order valence-corrected chi connectivity index (χ1v) is 6.82. The minimum absolute atomic E-state index is 0.0510. The van der Waals surface area contributed by atoms with E-state index in [2.05, 4.69) is 13.8 Å². The molecule has 100 valence electrons. The van der Waals surface area contributed by atoms with Crippen LogP contribution in [0.25, 0.3) is 0 Å². The molecular weight excluding hydrogens is 212 g/mol. The number of carbonyl (C=O) groups is 1. The number of aliphatic hydroxyl groups is 1. The lowest BCUT2D eigenvalue weighted by Gasteiger charge is -2.28. The number of Topliss-reactive ketones (excluding diaryl/α,β-unsaturated/α-hetero) is 1. The maximum absolute atomic E-state index is 12.2. The Balaban J connectivity index is 5.23. The fraction of sp³-hybridized carbons (Fsp3) is 0.800. The molecule has 0 unspecified atom stereocenters. The summed E-state index contributed by atoms with van der Waals surface area (Å²) in [7, 11) is 0. The van der Waals surface area contributed by atoms with E-state index in [0.717, 1.165) is 25.7 Å². The highest BCUT2D eigenvalue weighted by Crippen LogP contribution is 2.35. The zero-order chi connectivity index (χ0) is 13.6. The SMILES string of the molecule is CCC(CC)C(=O)C(C)=C(O)C(C)(CC)CC. The summed E-state index contributed by atoms with van der Waals surface area (Å²) in [6.45, 7) is 11.9. The van der Waals surface area contributed by atoms with Gasteiger partial charge in [0.25, 0.3) is 0 Å². The van der Waals surface area contributed by atoms with Crippen molar-refractivity contribution in [2.24, 2.45) is 11.3 Å². The molecule has 0 amide bonds. The van der Waals surface area contributed by atoms with E-state index in [-0.39, 0.29) is 17.1 Å². The Kier molecular flexibility index (Phi) is 6.51. The van der Waals surface area contributed by atoms with E-state index >= 15 is 0 Å². The molecule has 2 nitrogen and oxygen atoms in total. The zero-order valence-electron chi connectivity index (χ0n) is 12.3. The molecule has 0 aliphatic rings. The van der Waals surface area contributed by atoms with E-state index in [1.807, 2.05) is 20.8 Å². The molecule has 0 saturated heterocycles. The van der Waals surface area contributed by atoms with Gasteiger partial charge < -0.3 is 5.11 Å². The largest absolute Gasteiger partial charge is 0.511 e. The molecule has 0 aliphatic heterocycles. The van der Waals surface area contributed by atoms with Crippen molar-refractivity contribution >= 4 is 5.78 Å². The summed E-state index contributed by atoms with van der Waals surface area (Å²) in [5.74, 6) is 0.454. The molecule has 0 atom stereocenters. The second-order valence-corrected chi connectivity index (χ2v) is 5.12. The molecule has 0 aromatic heterocycles. The summed E-state index contributed by atoms with van der Waals surface area (Å²) in [6.07, 6.45) is 3.38. The summed E-state index contributed by atoms with van der Waals surface area (Å²) in [6, 6.07) is 0. The molecule has 1 N–H and O–H groups in total. The zero-order valence-corrected chi connectivity index (χ0v) is 12.3. The smallest absolute Gasteiger partial charge is 0.164 e. The van der Waals surface area contributed by atoms with Crippen LogP contribution in [0.3, 0.4) is 0 Å². The van der Waals surface area contributed by atoms with Gasteiger partial charge in [0.15, 0.2) is 5.78 Å². The molecule has 2 heteroatoms. The van der Waals surface area contributed by atoms with Gasteiger partial charge in [-0.3, -0.25) is 4.79 Å². The maximum atomic E-state index is 12.2. The number of allylic oxidation sites excluding steroid dienone is 2. The molecule has 0 aromatic rings. The third kappa shape index (κ3) is 3.58. The highest BCUT2D eigenvalue weighted by molar-refractivity contribution is 5.97. The van der Waals surface area contributed by atoms with E-state index in [9.17, 15) is 9.90 Å². The maximum Gasteiger partial charge on any atom is 0.164 e. The van der Waals surface area contributed by atoms with Crippen LogP contribution < -0.4 is 0 Å². The molecule has 0 spiro atoms. The van der Waals surface area contributed by atoms with Crippen molar-refractivity contribution in [3.63, 3.8) is 0 Å². The van der Waals surface area contributed by atoms with Crippen LogP contribution in [-0.4, -0.2) is 10.9 Å². The van der Waals surface area contributed by atoms with E-state index in [1.54, 1.807) is 6.92 Å². The van der Waals surface area contributed by atoms with Gasteiger partial charge in [-0.2, -0.15) is 0 Å². The van der Waals surface area contributed by atoms with E-state index in [0.29, 0.717) is 11.3 Å². The number of hydrogen-bond acceptors (Lipinski definition) is 2. The predicted molar refractivity (Wildman–Crippen MR) is 73.1 cm³/mol. The van der Waals surface area contributed by atoms with Crippen molar-refractivity contribution in [3.05, 3.63) is 11.3 Å². The Morgan fingerprint density at radius 2 is 1.53 bits per heavy atom. The summed E-state index contributed by atoms with van der Waals surface area (Å²) < 4.78 is 0. The minimum Gasteiger partial charge on any atom is -0.511 e. The fourth-order valence-electron chi connectivity index (χ4n) is 2.12. The first-order chi connectivity index (χ1) is 7.87. The Hall–Kier alpha value is -0.790. The van der Waals surface area contributed by atoms with Gasteiger partial charge in [-0.25, -0.2) is 0 Å². The highest BCUT2D eigenvalue weighted by atomic mass is 16.3. The molecule has 0 rings (SSSR count). The number of ketones is 1. The predicted octanol–water partition coefficient (Wildman–Crippen LogP) is 4.65. The van der Waals surface area contributed by atoms with Gasteiger partial charge >= 0.3 is 0 Å². The number of aliphatic hydroxyl groups excluding tert-OH is 1. The second kappa shape index (κ2) is 6.83. The van der Waals surface area contributed by atoms with Crippen molar-refractivity contribution in [3.8, 4) is 0 Å². The number of hydrogen-bond donors (Lipinski definition) is 1. The monoisotopic (exact) mass is 240 g/mol. The third-order valence-corrected chi connectivity index (χ3v) is 4.21. The van der Waals surface area contributed by atoms with Crippen LogP contribution in [0.15, 0.2) is 11.3 Å². The van der Waals surface area contributed by atoms with Gasteiger partial charge in [0.05, 0.1) is 0 Å². The summed E-state index contributed by atoms with van der Waals surface area (Å²) in [4.78, 5) is 12.2.